The first-order valence-corrected chi connectivity index (χ1v) is 8.59. The van der Waals surface area contributed by atoms with Gasteiger partial charge in [0.05, 0.1) is 6.10 Å². The van der Waals surface area contributed by atoms with E-state index in [9.17, 15) is 15.0 Å². The van der Waals surface area contributed by atoms with Gasteiger partial charge in [0.2, 0.25) is 0 Å². The van der Waals surface area contributed by atoms with Gasteiger partial charge >= 0.3 is 0 Å². The van der Waals surface area contributed by atoms with Gasteiger partial charge in [-0.05, 0) is 54.8 Å². The van der Waals surface area contributed by atoms with Crippen molar-refractivity contribution in [2.24, 2.45) is 0 Å². The largest absolute Gasteiger partial charge is 0.508 e. The Balaban J connectivity index is 1.62. The van der Waals surface area contributed by atoms with Gasteiger partial charge in [-0.25, -0.2) is 0 Å². The Morgan fingerprint density at radius 1 is 1.08 bits per heavy atom. The number of carbonyl (C=O) groups excluding carboxylic acids is 1. The van der Waals surface area contributed by atoms with Crippen LogP contribution in [0.5, 0.6) is 5.75 Å². The molecule has 0 saturated carbocycles. The van der Waals surface area contributed by atoms with Crippen molar-refractivity contribution in [3.8, 4) is 5.75 Å². The number of anilines is 1. The second-order valence-electron chi connectivity index (χ2n) is 6.59. The van der Waals surface area contributed by atoms with Crippen molar-refractivity contribution in [3.05, 3.63) is 59.7 Å². The predicted molar refractivity (Wildman–Crippen MR) is 97.8 cm³/mol. The first-order valence-electron chi connectivity index (χ1n) is 8.59. The summed E-state index contributed by atoms with van der Waals surface area (Å²) in [4.78, 5) is 16.5. The number of amides is 1. The van der Waals surface area contributed by atoms with Crippen molar-refractivity contribution in [1.29, 1.82) is 0 Å². The molecule has 1 amide bonds. The highest BCUT2D eigenvalue weighted by atomic mass is 16.3. The number of phenolic OH excluding ortho intramolecular Hbond substituents is 1. The Kier molecular flexibility index (Phi) is 5.24. The number of piperidine rings is 1. The molecule has 2 N–H and O–H groups in total. The van der Waals surface area contributed by atoms with E-state index in [0.717, 1.165) is 37.2 Å². The average Bonchev–Trinajstić information content (AvgIpc) is 2.64. The lowest BCUT2D eigenvalue weighted by Crippen LogP contribution is -2.35. The molecule has 5 nitrogen and oxygen atoms in total. The molecule has 2 aromatic carbocycles. The monoisotopic (exact) mass is 340 g/mol. The van der Waals surface area contributed by atoms with Gasteiger partial charge in [-0.3, -0.25) is 4.79 Å². The van der Waals surface area contributed by atoms with Crippen molar-refractivity contribution < 1.29 is 15.0 Å². The molecule has 25 heavy (non-hydrogen) atoms. The second kappa shape index (κ2) is 7.57. The Morgan fingerprint density at radius 3 is 2.28 bits per heavy atom. The highest BCUT2D eigenvalue weighted by molar-refractivity contribution is 5.94. The molecule has 3 rings (SSSR count). The van der Waals surface area contributed by atoms with E-state index in [1.54, 1.807) is 24.1 Å². The van der Waals surface area contributed by atoms with E-state index >= 15 is 0 Å². The van der Waals surface area contributed by atoms with Crippen molar-refractivity contribution in [2.45, 2.75) is 25.5 Å². The van der Waals surface area contributed by atoms with Gasteiger partial charge in [0.15, 0.2) is 0 Å². The molecule has 0 aliphatic carbocycles. The van der Waals surface area contributed by atoms with Crippen LogP contribution < -0.4 is 4.90 Å². The molecular formula is C20H24N2O3. The van der Waals surface area contributed by atoms with Crippen molar-refractivity contribution in [2.75, 3.05) is 25.0 Å². The smallest absolute Gasteiger partial charge is 0.253 e. The number of aliphatic hydroxyl groups is 1. The van der Waals surface area contributed by atoms with Gasteiger partial charge in [0.1, 0.15) is 5.75 Å². The van der Waals surface area contributed by atoms with Gasteiger partial charge in [0.25, 0.3) is 5.91 Å². The van der Waals surface area contributed by atoms with Crippen LogP contribution in [0.15, 0.2) is 48.5 Å². The molecule has 132 valence electrons. The highest BCUT2D eigenvalue weighted by Crippen LogP contribution is 2.21. The van der Waals surface area contributed by atoms with Crippen LogP contribution in [0.4, 0.5) is 5.69 Å². The number of hydrogen-bond donors (Lipinski definition) is 2. The molecular weight excluding hydrogens is 316 g/mol. The quantitative estimate of drug-likeness (QED) is 0.898. The Bertz CT molecular complexity index is 705. The van der Waals surface area contributed by atoms with E-state index in [1.165, 1.54) is 0 Å². The van der Waals surface area contributed by atoms with Crippen LogP contribution in [-0.2, 0) is 6.54 Å². The van der Waals surface area contributed by atoms with E-state index in [1.807, 2.05) is 36.4 Å². The number of hydrogen-bond acceptors (Lipinski definition) is 4. The summed E-state index contributed by atoms with van der Waals surface area (Å²) in [5.41, 5.74) is 2.71. The minimum atomic E-state index is -0.189. The third-order valence-electron chi connectivity index (χ3n) is 4.65. The van der Waals surface area contributed by atoms with Crippen molar-refractivity contribution in [1.82, 2.24) is 4.90 Å². The molecule has 0 spiro atoms. The number of aromatic hydroxyl groups is 1. The number of benzene rings is 2. The minimum Gasteiger partial charge on any atom is -0.508 e. The molecule has 5 heteroatoms. The molecule has 1 saturated heterocycles. The Morgan fingerprint density at radius 2 is 1.68 bits per heavy atom. The van der Waals surface area contributed by atoms with Gasteiger partial charge in [-0.15, -0.1) is 0 Å². The number of aliphatic hydroxyl groups excluding tert-OH is 1. The maximum absolute atomic E-state index is 12.6. The third kappa shape index (κ3) is 4.31. The van der Waals surface area contributed by atoms with Crippen molar-refractivity contribution >= 4 is 11.6 Å². The Labute approximate surface area is 148 Å². The van der Waals surface area contributed by atoms with E-state index in [-0.39, 0.29) is 17.8 Å². The van der Waals surface area contributed by atoms with Crippen LogP contribution in [0, 0.1) is 0 Å². The molecule has 1 aliphatic heterocycles. The normalized spacial score (nSPS) is 15.2. The summed E-state index contributed by atoms with van der Waals surface area (Å²) in [6.07, 6.45) is 1.39. The number of phenols is 1. The summed E-state index contributed by atoms with van der Waals surface area (Å²) in [5.74, 6) is 0.187. The standard InChI is InChI=1S/C20H24N2O3/c1-21(14-15-2-8-18(23)9-3-15)20(25)16-4-6-17(7-5-16)22-12-10-19(24)11-13-22/h2-9,19,23-24H,10-14H2,1H3. The lowest BCUT2D eigenvalue weighted by atomic mass is 10.1. The fourth-order valence-corrected chi connectivity index (χ4v) is 3.11. The lowest BCUT2D eigenvalue weighted by Gasteiger charge is -2.31. The summed E-state index contributed by atoms with van der Waals surface area (Å²) in [6.45, 7) is 2.18. The van der Waals surface area contributed by atoms with Crippen LogP contribution in [0.3, 0.4) is 0 Å². The zero-order chi connectivity index (χ0) is 17.8. The topological polar surface area (TPSA) is 64.0 Å². The van der Waals surface area contributed by atoms with Crippen LogP contribution in [0.1, 0.15) is 28.8 Å². The summed E-state index contributed by atoms with van der Waals surface area (Å²) in [7, 11) is 1.77. The summed E-state index contributed by atoms with van der Waals surface area (Å²) in [6, 6.07) is 14.5. The van der Waals surface area contributed by atoms with Crippen molar-refractivity contribution in [3.63, 3.8) is 0 Å². The first kappa shape index (κ1) is 17.3. The van der Waals surface area contributed by atoms with Crippen LogP contribution in [0.25, 0.3) is 0 Å². The molecule has 0 radical (unpaired) electrons. The number of nitrogens with zero attached hydrogens (tertiary/aromatic N) is 2. The first-order chi connectivity index (χ1) is 12.0. The summed E-state index contributed by atoms with van der Waals surface area (Å²) < 4.78 is 0. The third-order valence-corrected chi connectivity index (χ3v) is 4.65. The fourth-order valence-electron chi connectivity index (χ4n) is 3.11. The van der Waals surface area contributed by atoms with E-state index in [2.05, 4.69) is 4.90 Å². The molecule has 0 unspecified atom stereocenters. The van der Waals surface area contributed by atoms with Crippen LogP contribution in [-0.4, -0.2) is 47.3 Å². The van der Waals surface area contributed by atoms with Gasteiger partial charge < -0.3 is 20.0 Å². The maximum Gasteiger partial charge on any atom is 0.253 e. The van der Waals surface area contributed by atoms with E-state index in [0.29, 0.717) is 12.1 Å². The molecule has 0 bridgehead atoms. The molecule has 2 aromatic rings. The van der Waals surface area contributed by atoms with E-state index in [4.69, 9.17) is 0 Å². The zero-order valence-corrected chi connectivity index (χ0v) is 14.4. The minimum absolute atomic E-state index is 0.0336. The molecule has 1 aliphatic rings. The Hall–Kier alpha value is -2.53. The summed E-state index contributed by atoms with van der Waals surface area (Å²) >= 11 is 0. The maximum atomic E-state index is 12.6. The number of carbonyl (C=O) groups is 1. The average molecular weight is 340 g/mol. The van der Waals surface area contributed by atoms with E-state index < -0.39 is 0 Å². The molecule has 1 fully saturated rings. The number of rotatable bonds is 4. The van der Waals surface area contributed by atoms with Gasteiger partial charge in [-0.2, -0.15) is 0 Å². The zero-order valence-electron chi connectivity index (χ0n) is 14.4. The fraction of sp³-hybridized carbons (Fsp3) is 0.350. The lowest BCUT2D eigenvalue weighted by molar-refractivity contribution is 0.0785. The summed E-state index contributed by atoms with van der Waals surface area (Å²) in [5, 5.41) is 18.9. The predicted octanol–water partition coefficient (Wildman–Crippen LogP) is 2.63. The SMILES string of the molecule is CN(Cc1ccc(O)cc1)C(=O)c1ccc(N2CCC(O)CC2)cc1. The van der Waals surface area contributed by atoms with Gasteiger partial charge in [-0.1, -0.05) is 12.1 Å². The van der Waals surface area contributed by atoms with Crippen LogP contribution in [0.2, 0.25) is 0 Å². The van der Waals surface area contributed by atoms with Crippen LogP contribution >= 0.6 is 0 Å². The highest BCUT2D eigenvalue weighted by Gasteiger charge is 2.18. The molecule has 0 atom stereocenters. The molecule has 0 aromatic heterocycles. The second-order valence-corrected chi connectivity index (χ2v) is 6.59. The molecule has 1 heterocycles. The van der Waals surface area contributed by atoms with Gasteiger partial charge in [0, 0.05) is 37.9 Å².